The molecule has 3 heterocycles. The Balaban J connectivity index is 1.42. The van der Waals surface area contributed by atoms with Crippen molar-refractivity contribution in [2.24, 2.45) is 0 Å². The van der Waals surface area contributed by atoms with Crippen LogP contribution in [0, 0.1) is 5.82 Å². The van der Waals surface area contributed by atoms with Crippen LogP contribution >= 0.6 is 11.3 Å². The molecule has 11 heteroatoms. The van der Waals surface area contributed by atoms with Crippen molar-refractivity contribution in [3.63, 3.8) is 0 Å². The first kappa shape index (κ1) is 23.6. The molecule has 0 radical (unpaired) electrons. The summed E-state index contributed by atoms with van der Waals surface area (Å²) in [5.41, 5.74) is 3.15. The lowest BCUT2D eigenvalue weighted by Crippen LogP contribution is -2.22. The Bertz CT molecular complexity index is 1470. The predicted molar refractivity (Wildman–Crippen MR) is 132 cm³/mol. The van der Waals surface area contributed by atoms with Gasteiger partial charge in [0.25, 0.3) is 0 Å². The van der Waals surface area contributed by atoms with Crippen LogP contribution in [-0.4, -0.2) is 32.7 Å². The smallest absolute Gasteiger partial charge is 0.359 e. The van der Waals surface area contributed by atoms with Crippen LogP contribution in [0.2, 0.25) is 0 Å². The molecule has 0 atom stereocenters. The van der Waals surface area contributed by atoms with Crippen LogP contribution < -0.4 is 10.6 Å². The number of halogens is 4. The van der Waals surface area contributed by atoms with Crippen molar-refractivity contribution in [1.82, 2.24) is 19.9 Å². The molecule has 36 heavy (non-hydrogen) atoms. The van der Waals surface area contributed by atoms with Gasteiger partial charge in [-0.15, -0.1) is 11.3 Å². The average Bonchev–Trinajstić information content (AvgIpc) is 3.41. The molecule has 5 rings (SSSR count). The van der Waals surface area contributed by atoms with Gasteiger partial charge < -0.3 is 10.6 Å². The molecule has 0 aliphatic rings. The molecule has 0 unspecified atom stereocenters. The zero-order chi connectivity index (χ0) is 25.1. The monoisotopic (exact) mass is 510 g/mol. The second-order valence-corrected chi connectivity index (χ2v) is 8.77. The lowest BCUT2D eigenvalue weighted by molar-refractivity contribution is -0.115. The third kappa shape index (κ3) is 5.57. The van der Waals surface area contributed by atoms with Gasteiger partial charge in [0.1, 0.15) is 12.4 Å². The Morgan fingerprint density at radius 3 is 2.28 bits per heavy atom. The Morgan fingerprint density at radius 2 is 1.58 bits per heavy atom. The summed E-state index contributed by atoms with van der Waals surface area (Å²) >= 11 is 1.65. The zero-order valence-corrected chi connectivity index (χ0v) is 19.4. The molecule has 0 fully saturated rings. The maximum Gasteiger partial charge on any atom is 0.405 e. The third-order valence-corrected chi connectivity index (χ3v) is 6.13. The Hall–Kier alpha value is -4.12. The maximum atomic E-state index is 13.3. The van der Waals surface area contributed by atoms with Crippen LogP contribution in [0.1, 0.15) is 5.56 Å². The number of aromatic nitrogens is 4. The molecule has 0 bridgehead atoms. The van der Waals surface area contributed by atoms with Gasteiger partial charge in [-0.3, -0.25) is 0 Å². The van der Waals surface area contributed by atoms with E-state index >= 15 is 0 Å². The van der Waals surface area contributed by atoms with E-state index in [1.165, 1.54) is 30.5 Å². The first-order valence-electron chi connectivity index (χ1n) is 10.8. The summed E-state index contributed by atoms with van der Waals surface area (Å²) < 4.78 is 52.1. The molecule has 0 spiro atoms. The Morgan fingerprint density at radius 1 is 0.833 bits per heavy atom. The highest BCUT2D eigenvalue weighted by molar-refractivity contribution is 7.13. The van der Waals surface area contributed by atoms with Gasteiger partial charge in [0.05, 0.1) is 11.9 Å². The summed E-state index contributed by atoms with van der Waals surface area (Å²) in [6.45, 7) is -0.943. The van der Waals surface area contributed by atoms with Crippen molar-refractivity contribution >= 4 is 34.3 Å². The van der Waals surface area contributed by atoms with Gasteiger partial charge in [0.2, 0.25) is 5.95 Å². The first-order valence-corrected chi connectivity index (χ1v) is 11.7. The summed E-state index contributed by atoms with van der Waals surface area (Å²) in [6, 6.07) is 17.5. The van der Waals surface area contributed by atoms with E-state index in [0.717, 1.165) is 16.0 Å². The van der Waals surface area contributed by atoms with Crippen molar-refractivity contribution in [1.29, 1.82) is 0 Å². The van der Waals surface area contributed by atoms with Crippen molar-refractivity contribution in [2.45, 2.75) is 12.7 Å². The number of rotatable bonds is 7. The lowest BCUT2D eigenvalue weighted by Gasteiger charge is -2.13. The van der Waals surface area contributed by atoms with Crippen molar-refractivity contribution in [3.8, 4) is 21.7 Å². The summed E-state index contributed by atoms with van der Waals surface area (Å²) in [5, 5.41) is 7.36. The molecule has 0 aliphatic heterocycles. The number of nitrogens with one attached hydrogen (secondary N) is 2. The Labute approximate surface area is 207 Å². The molecule has 0 saturated heterocycles. The van der Waals surface area contributed by atoms with E-state index in [2.05, 4.69) is 30.6 Å². The van der Waals surface area contributed by atoms with E-state index in [1.54, 1.807) is 11.3 Å². The highest BCUT2D eigenvalue weighted by Gasteiger charge is 2.27. The number of hydrogen-bond donors (Lipinski definition) is 2. The minimum absolute atomic E-state index is 0.0759. The Kier molecular flexibility index (Phi) is 6.47. The average molecular weight is 511 g/mol. The van der Waals surface area contributed by atoms with Gasteiger partial charge in [-0.05, 0) is 46.8 Å². The van der Waals surface area contributed by atoms with Crippen LogP contribution in [0.4, 0.5) is 29.3 Å². The van der Waals surface area contributed by atoms with Gasteiger partial charge in [0, 0.05) is 17.0 Å². The van der Waals surface area contributed by atoms with Crippen LogP contribution in [0.15, 0.2) is 72.2 Å². The number of alkyl halides is 3. The van der Waals surface area contributed by atoms with E-state index < -0.39 is 18.5 Å². The third-order valence-electron chi connectivity index (χ3n) is 5.21. The molecule has 3 aromatic heterocycles. The molecule has 182 valence electrons. The minimum Gasteiger partial charge on any atom is -0.359 e. The number of nitrogens with zero attached hydrogens (tertiary/aromatic N) is 4. The molecule has 2 aromatic carbocycles. The number of fused-ring (bicyclic) bond motifs is 1. The van der Waals surface area contributed by atoms with Crippen molar-refractivity contribution in [2.75, 3.05) is 17.2 Å². The quantitative estimate of drug-likeness (QED) is 0.242. The standard InChI is InChI=1S/C25H18F4N6S/c26-18-9-7-16(8-10-18)19-13-30-22-21(33-19)23(32-14-25(27,28)29)35-24(34-22)31-12-15-3-5-17(6-4-15)20-2-1-11-36-20/h1-11,13H,12,14H2,(H2,30,31,32,34,35). The van der Waals surface area contributed by atoms with Gasteiger partial charge in [-0.1, -0.05) is 30.3 Å². The molecular weight excluding hydrogens is 492 g/mol. The van der Waals surface area contributed by atoms with Crippen LogP contribution in [0.3, 0.4) is 0 Å². The molecule has 2 N–H and O–H groups in total. The topological polar surface area (TPSA) is 75.6 Å². The summed E-state index contributed by atoms with van der Waals surface area (Å²) in [6.07, 6.45) is -3.03. The van der Waals surface area contributed by atoms with E-state index in [1.807, 2.05) is 41.8 Å². The van der Waals surface area contributed by atoms with Gasteiger partial charge in [-0.25, -0.2) is 14.4 Å². The molecular formula is C25H18F4N6S. The highest BCUT2D eigenvalue weighted by Crippen LogP contribution is 2.27. The van der Waals surface area contributed by atoms with E-state index in [4.69, 9.17) is 0 Å². The largest absolute Gasteiger partial charge is 0.405 e. The molecule has 5 aromatic rings. The summed E-state index contributed by atoms with van der Waals surface area (Å²) in [5.74, 6) is -0.414. The fourth-order valence-corrected chi connectivity index (χ4v) is 4.20. The van der Waals surface area contributed by atoms with Crippen molar-refractivity contribution < 1.29 is 17.6 Å². The maximum absolute atomic E-state index is 13.3. The second-order valence-electron chi connectivity index (χ2n) is 7.83. The molecule has 0 aliphatic carbocycles. The summed E-state index contributed by atoms with van der Waals surface area (Å²) in [7, 11) is 0. The number of hydrogen-bond acceptors (Lipinski definition) is 7. The van der Waals surface area contributed by atoms with E-state index in [0.29, 0.717) is 17.8 Å². The molecule has 0 amide bonds. The number of thiophene rings is 1. The SMILES string of the molecule is Fc1ccc(-c2cnc3nc(NCc4ccc(-c5cccs5)cc4)nc(NCC(F)(F)F)c3n2)cc1. The molecule has 0 saturated carbocycles. The minimum atomic E-state index is -4.46. The van der Waals surface area contributed by atoms with E-state index in [9.17, 15) is 17.6 Å². The lowest BCUT2D eigenvalue weighted by atomic mass is 10.1. The van der Waals surface area contributed by atoms with Gasteiger partial charge >= 0.3 is 6.18 Å². The van der Waals surface area contributed by atoms with Gasteiger partial charge in [-0.2, -0.15) is 23.1 Å². The van der Waals surface area contributed by atoms with Crippen LogP contribution in [0.5, 0.6) is 0 Å². The number of benzene rings is 2. The summed E-state index contributed by atoms with van der Waals surface area (Å²) in [4.78, 5) is 18.4. The zero-order valence-electron chi connectivity index (χ0n) is 18.6. The molecule has 6 nitrogen and oxygen atoms in total. The normalized spacial score (nSPS) is 11.6. The predicted octanol–water partition coefficient (Wildman–Crippen LogP) is 6.54. The fraction of sp³-hybridized carbons (Fsp3) is 0.120. The first-order chi connectivity index (χ1) is 17.3. The van der Waals surface area contributed by atoms with Crippen molar-refractivity contribution in [3.05, 3.63) is 83.6 Å². The van der Waals surface area contributed by atoms with Crippen LogP contribution in [0.25, 0.3) is 32.9 Å². The van der Waals surface area contributed by atoms with Crippen LogP contribution in [-0.2, 0) is 6.54 Å². The van der Waals surface area contributed by atoms with E-state index in [-0.39, 0.29) is 22.9 Å². The number of anilines is 2. The fourth-order valence-electron chi connectivity index (χ4n) is 3.46. The highest BCUT2D eigenvalue weighted by atomic mass is 32.1. The van der Waals surface area contributed by atoms with Gasteiger partial charge in [0.15, 0.2) is 17.0 Å². The second kappa shape index (κ2) is 9.86.